The number of nitrogens with zero attached hydrogens (tertiary/aromatic N) is 5. The number of hydrogen-bond acceptors (Lipinski definition) is 8. The molecule has 0 saturated carbocycles. The number of anilines is 1. The lowest BCUT2D eigenvalue weighted by molar-refractivity contribution is -0.384. The smallest absolute Gasteiger partial charge is 0.293 e. The number of thioether (sulfide) groups is 1. The van der Waals surface area contributed by atoms with Crippen LogP contribution in [0, 0.1) is 17.0 Å². The number of carbonyl (C=O) groups excluding carboxylic acids is 1. The first-order valence-electron chi connectivity index (χ1n) is 8.52. The minimum Gasteiger partial charge on any atom is -0.366 e. The molecule has 1 fully saturated rings. The zero-order valence-electron chi connectivity index (χ0n) is 15.3. The summed E-state index contributed by atoms with van der Waals surface area (Å²) in [5, 5.41) is 22.5. The predicted molar refractivity (Wildman–Crippen MR) is 111 cm³/mol. The second-order valence-electron chi connectivity index (χ2n) is 6.12. The number of hydrogen-bond donors (Lipinski definition) is 2. The molecule has 1 aliphatic heterocycles. The number of aryl methyl sites for hydroxylation is 1. The molecule has 2 aromatic rings. The van der Waals surface area contributed by atoms with Crippen LogP contribution in [0.15, 0.2) is 23.4 Å². The van der Waals surface area contributed by atoms with Crippen LogP contribution in [0.2, 0.25) is 0 Å². The second kappa shape index (κ2) is 8.52. The Morgan fingerprint density at radius 2 is 2.04 bits per heavy atom. The van der Waals surface area contributed by atoms with Gasteiger partial charge in [-0.05, 0) is 50.4 Å². The van der Waals surface area contributed by atoms with Crippen molar-refractivity contribution in [1.82, 2.24) is 20.2 Å². The van der Waals surface area contributed by atoms with Crippen LogP contribution in [0.3, 0.4) is 0 Å². The highest BCUT2D eigenvalue weighted by molar-refractivity contribution is 7.98. The van der Waals surface area contributed by atoms with Gasteiger partial charge in [0.05, 0.1) is 4.92 Å². The van der Waals surface area contributed by atoms with Gasteiger partial charge in [-0.1, -0.05) is 11.8 Å². The average molecular weight is 422 g/mol. The molecular formula is C16H19N7O3S2. The van der Waals surface area contributed by atoms with Crippen molar-refractivity contribution < 1.29 is 9.72 Å². The lowest BCUT2D eigenvalue weighted by Gasteiger charge is -2.18. The molecule has 1 aliphatic rings. The first-order chi connectivity index (χ1) is 13.4. The molecule has 1 amide bonds. The van der Waals surface area contributed by atoms with E-state index in [9.17, 15) is 14.9 Å². The van der Waals surface area contributed by atoms with Crippen LogP contribution in [-0.4, -0.2) is 50.2 Å². The molecule has 0 unspecified atom stereocenters. The highest BCUT2D eigenvalue weighted by Gasteiger charge is 2.24. The molecule has 2 heterocycles. The van der Waals surface area contributed by atoms with E-state index in [0.717, 1.165) is 25.9 Å². The summed E-state index contributed by atoms with van der Waals surface area (Å²) in [5.74, 6) is 0.0385. The van der Waals surface area contributed by atoms with E-state index in [1.54, 1.807) is 23.7 Å². The minimum absolute atomic E-state index is 0.0365. The van der Waals surface area contributed by atoms with Crippen molar-refractivity contribution in [2.24, 2.45) is 0 Å². The number of amides is 1. The Balaban J connectivity index is 1.74. The zero-order valence-corrected chi connectivity index (χ0v) is 17.0. The summed E-state index contributed by atoms with van der Waals surface area (Å²) in [4.78, 5) is 25.5. The molecule has 1 saturated heterocycles. The third-order valence-electron chi connectivity index (χ3n) is 4.30. The molecule has 3 rings (SSSR count). The summed E-state index contributed by atoms with van der Waals surface area (Å²) < 4.78 is 1.55. The van der Waals surface area contributed by atoms with Gasteiger partial charge in [0.2, 0.25) is 5.16 Å². The first kappa shape index (κ1) is 20.0. The van der Waals surface area contributed by atoms with E-state index in [1.807, 2.05) is 11.2 Å². The van der Waals surface area contributed by atoms with Gasteiger partial charge in [0, 0.05) is 24.7 Å². The van der Waals surface area contributed by atoms with Gasteiger partial charge in [0.15, 0.2) is 5.11 Å². The van der Waals surface area contributed by atoms with Crippen molar-refractivity contribution in [3.8, 4) is 0 Å². The molecule has 0 radical (unpaired) electrons. The summed E-state index contributed by atoms with van der Waals surface area (Å²) in [6.45, 7) is 3.29. The van der Waals surface area contributed by atoms with Crippen LogP contribution in [-0.2, 0) is 0 Å². The third kappa shape index (κ3) is 4.22. The standard InChI is InChI=1S/C16H19N7O3S2/c1-10-18-19-16(28-2)22(10)20-15(27)17-14(24)11-5-6-12(13(9-11)23(25)26)21-7-3-4-8-21/h5-6,9H,3-4,7-8H2,1-2H3,(H2,17,20,24,27). The quantitative estimate of drug-likeness (QED) is 0.324. The summed E-state index contributed by atoms with van der Waals surface area (Å²) in [6.07, 6.45) is 3.84. The highest BCUT2D eigenvalue weighted by Crippen LogP contribution is 2.31. The molecule has 10 nitrogen and oxygen atoms in total. The molecule has 1 aromatic carbocycles. The number of carbonyl (C=O) groups is 1. The molecule has 28 heavy (non-hydrogen) atoms. The fourth-order valence-corrected chi connectivity index (χ4v) is 3.61. The van der Waals surface area contributed by atoms with Crippen LogP contribution in [0.5, 0.6) is 0 Å². The molecule has 0 aliphatic carbocycles. The van der Waals surface area contributed by atoms with E-state index in [0.29, 0.717) is 16.7 Å². The van der Waals surface area contributed by atoms with Crippen molar-refractivity contribution in [3.63, 3.8) is 0 Å². The van der Waals surface area contributed by atoms with Crippen LogP contribution < -0.4 is 15.6 Å². The fourth-order valence-electron chi connectivity index (χ4n) is 2.94. The Labute approximate surface area is 170 Å². The van der Waals surface area contributed by atoms with Crippen molar-refractivity contribution in [3.05, 3.63) is 39.7 Å². The summed E-state index contributed by atoms with van der Waals surface area (Å²) in [6, 6.07) is 4.46. The molecule has 148 valence electrons. The van der Waals surface area contributed by atoms with Gasteiger partial charge < -0.3 is 4.90 Å². The van der Waals surface area contributed by atoms with Crippen LogP contribution >= 0.6 is 24.0 Å². The zero-order chi connectivity index (χ0) is 20.3. The highest BCUT2D eigenvalue weighted by atomic mass is 32.2. The third-order valence-corrected chi connectivity index (χ3v) is 5.12. The predicted octanol–water partition coefficient (Wildman–Crippen LogP) is 2.08. The molecule has 0 atom stereocenters. The van der Waals surface area contributed by atoms with E-state index >= 15 is 0 Å². The van der Waals surface area contributed by atoms with Crippen molar-refractivity contribution in [1.29, 1.82) is 0 Å². The number of benzene rings is 1. The maximum Gasteiger partial charge on any atom is 0.293 e. The number of nitro benzene ring substituents is 1. The number of thiocarbonyl (C=S) groups is 1. The van der Waals surface area contributed by atoms with E-state index in [2.05, 4.69) is 20.9 Å². The molecule has 0 spiro atoms. The number of rotatable bonds is 5. The van der Waals surface area contributed by atoms with Gasteiger partial charge >= 0.3 is 0 Å². The van der Waals surface area contributed by atoms with Gasteiger partial charge in [-0.2, -0.15) is 0 Å². The topological polar surface area (TPSA) is 118 Å². The van der Waals surface area contributed by atoms with Crippen LogP contribution in [0.25, 0.3) is 0 Å². The van der Waals surface area contributed by atoms with E-state index in [1.165, 1.54) is 17.8 Å². The fraction of sp³-hybridized carbons (Fsp3) is 0.375. The monoisotopic (exact) mass is 421 g/mol. The van der Waals surface area contributed by atoms with Gasteiger partial charge in [0.25, 0.3) is 11.6 Å². The van der Waals surface area contributed by atoms with Gasteiger partial charge in [-0.3, -0.25) is 25.7 Å². The van der Waals surface area contributed by atoms with Crippen LogP contribution in [0.1, 0.15) is 29.0 Å². The average Bonchev–Trinajstić information content (AvgIpc) is 3.32. The molecule has 1 aromatic heterocycles. The van der Waals surface area contributed by atoms with Crippen LogP contribution in [0.4, 0.5) is 11.4 Å². The Hall–Kier alpha value is -2.73. The molecule has 12 heteroatoms. The number of nitro groups is 1. The van der Waals surface area contributed by atoms with Crippen molar-refractivity contribution in [2.75, 3.05) is 29.7 Å². The summed E-state index contributed by atoms with van der Waals surface area (Å²) >= 11 is 6.54. The molecule has 2 N–H and O–H groups in total. The summed E-state index contributed by atoms with van der Waals surface area (Å²) in [5.41, 5.74) is 3.43. The maximum absolute atomic E-state index is 12.5. The number of aromatic nitrogens is 3. The Kier molecular flexibility index (Phi) is 6.09. The number of nitrogens with one attached hydrogen (secondary N) is 2. The van der Waals surface area contributed by atoms with E-state index in [4.69, 9.17) is 12.2 Å². The Bertz CT molecular complexity index is 925. The lowest BCUT2D eigenvalue weighted by Crippen LogP contribution is -2.38. The Morgan fingerprint density at radius 3 is 2.68 bits per heavy atom. The normalized spacial score (nSPS) is 13.4. The molecular weight excluding hydrogens is 402 g/mol. The summed E-state index contributed by atoms with van der Waals surface area (Å²) in [7, 11) is 0. The van der Waals surface area contributed by atoms with Crippen molar-refractivity contribution in [2.45, 2.75) is 24.9 Å². The van der Waals surface area contributed by atoms with Crippen molar-refractivity contribution >= 4 is 46.4 Å². The SMILES string of the molecule is CSc1nnc(C)n1NC(=S)NC(=O)c1ccc(N2CCCC2)c([N+](=O)[O-])c1. The van der Waals surface area contributed by atoms with Gasteiger partial charge in [-0.25, -0.2) is 4.68 Å². The Morgan fingerprint density at radius 1 is 1.32 bits per heavy atom. The lowest BCUT2D eigenvalue weighted by atomic mass is 10.1. The first-order valence-corrected chi connectivity index (χ1v) is 10.2. The second-order valence-corrected chi connectivity index (χ2v) is 7.30. The minimum atomic E-state index is -0.537. The van der Waals surface area contributed by atoms with E-state index in [-0.39, 0.29) is 16.4 Å². The largest absolute Gasteiger partial charge is 0.366 e. The van der Waals surface area contributed by atoms with Gasteiger partial charge in [-0.15, -0.1) is 10.2 Å². The maximum atomic E-state index is 12.5. The van der Waals surface area contributed by atoms with Gasteiger partial charge in [0.1, 0.15) is 11.5 Å². The molecule has 0 bridgehead atoms. The van der Waals surface area contributed by atoms with E-state index < -0.39 is 10.8 Å².